The molecule has 6 nitrogen and oxygen atoms in total. The molecule has 0 spiro atoms. The fourth-order valence-corrected chi connectivity index (χ4v) is 2.54. The van der Waals surface area contributed by atoms with Crippen LogP contribution in [0.2, 0.25) is 0 Å². The number of nitriles is 2. The van der Waals surface area contributed by atoms with Crippen molar-refractivity contribution in [1.82, 2.24) is 9.80 Å². The molecule has 1 heterocycles. The second-order valence-corrected chi connectivity index (χ2v) is 6.81. The largest absolute Gasteiger partial charge is 0.444 e. The van der Waals surface area contributed by atoms with Gasteiger partial charge < -0.3 is 9.64 Å². The van der Waals surface area contributed by atoms with E-state index in [-0.39, 0.29) is 18.1 Å². The lowest BCUT2D eigenvalue weighted by Gasteiger charge is -2.40. The molecule has 1 aliphatic heterocycles. The summed E-state index contributed by atoms with van der Waals surface area (Å²) in [5.41, 5.74) is -0.489. The number of hydrogen-bond acceptors (Lipinski definition) is 5. The van der Waals surface area contributed by atoms with Crippen molar-refractivity contribution in [2.75, 3.05) is 26.2 Å². The average molecular weight is 306 g/mol. The molecule has 2 atom stereocenters. The molecule has 0 aliphatic carbocycles. The van der Waals surface area contributed by atoms with Gasteiger partial charge in [0.15, 0.2) is 0 Å². The zero-order valence-corrected chi connectivity index (χ0v) is 14.0. The van der Waals surface area contributed by atoms with Crippen molar-refractivity contribution >= 4 is 6.09 Å². The first-order valence-electron chi connectivity index (χ1n) is 7.75. The number of nitrogens with zero attached hydrogens (tertiary/aromatic N) is 4. The first kappa shape index (κ1) is 18.3. The van der Waals surface area contributed by atoms with E-state index in [0.29, 0.717) is 25.9 Å². The van der Waals surface area contributed by atoms with Crippen molar-refractivity contribution in [3.05, 3.63) is 0 Å². The lowest BCUT2D eigenvalue weighted by molar-refractivity contribution is 0.000475. The van der Waals surface area contributed by atoms with Gasteiger partial charge in [0, 0.05) is 38.6 Å². The van der Waals surface area contributed by atoms with Gasteiger partial charge in [0.25, 0.3) is 0 Å². The highest BCUT2D eigenvalue weighted by Gasteiger charge is 2.31. The van der Waals surface area contributed by atoms with E-state index in [1.165, 1.54) is 0 Å². The van der Waals surface area contributed by atoms with Crippen molar-refractivity contribution < 1.29 is 9.53 Å². The lowest BCUT2D eigenvalue weighted by Crippen LogP contribution is -2.55. The predicted octanol–water partition coefficient (Wildman–Crippen LogP) is 2.37. The van der Waals surface area contributed by atoms with Crippen LogP contribution in [-0.2, 0) is 4.74 Å². The van der Waals surface area contributed by atoms with Gasteiger partial charge in [-0.15, -0.1) is 0 Å². The van der Waals surface area contributed by atoms with Gasteiger partial charge in [-0.05, 0) is 34.1 Å². The molecule has 0 aromatic heterocycles. The lowest BCUT2D eigenvalue weighted by atomic mass is 10.0. The minimum Gasteiger partial charge on any atom is -0.444 e. The molecule has 1 fully saturated rings. The summed E-state index contributed by atoms with van der Waals surface area (Å²) < 4.78 is 5.42. The SMILES string of the molecule is C[C@@H]1CN(C[C@H](C#N)CCC#N)CCN1C(=O)OC(C)(C)C. The number of carbonyl (C=O) groups excluding carboxylic acids is 1. The minimum atomic E-state index is -0.489. The maximum absolute atomic E-state index is 12.1. The summed E-state index contributed by atoms with van der Waals surface area (Å²) in [6.07, 6.45) is 0.736. The second kappa shape index (κ2) is 8.00. The molecule has 1 saturated heterocycles. The molecule has 6 heteroatoms. The van der Waals surface area contributed by atoms with E-state index in [0.717, 1.165) is 13.1 Å². The number of piperazine rings is 1. The number of hydrogen-bond donors (Lipinski definition) is 0. The van der Waals surface area contributed by atoms with Crippen LogP contribution in [0.3, 0.4) is 0 Å². The Morgan fingerprint density at radius 3 is 2.55 bits per heavy atom. The molecule has 0 unspecified atom stereocenters. The smallest absolute Gasteiger partial charge is 0.410 e. The van der Waals surface area contributed by atoms with E-state index in [4.69, 9.17) is 15.3 Å². The van der Waals surface area contributed by atoms with Gasteiger partial charge in [-0.1, -0.05) is 0 Å². The zero-order chi connectivity index (χ0) is 16.8. The van der Waals surface area contributed by atoms with Gasteiger partial charge >= 0.3 is 6.09 Å². The molecule has 0 radical (unpaired) electrons. The zero-order valence-electron chi connectivity index (χ0n) is 14.0. The van der Waals surface area contributed by atoms with Crippen molar-refractivity contribution in [2.45, 2.75) is 52.2 Å². The van der Waals surface area contributed by atoms with Crippen LogP contribution in [0, 0.1) is 28.6 Å². The topological polar surface area (TPSA) is 80.4 Å². The Balaban J connectivity index is 2.50. The van der Waals surface area contributed by atoms with E-state index in [1.807, 2.05) is 27.7 Å². The summed E-state index contributed by atoms with van der Waals surface area (Å²) in [7, 11) is 0. The highest BCUT2D eigenvalue weighted by atomic mass is 16.6. The van der Waals surface area contributed by atoms with Crippen LogP contribution in [-0.4, -0.2) is 53.7 Å². The molecule has 122 valence electrons. The van der Waals surface area contributed by atoms with E-state index in [2.05, 4.69) is 17.0 Å². The van der Waals surface area contributed by atoms with Crippen LogP contribution in [0.4, 0.5) is 4.79 Å². The van der Waals surface area contributed by atoms with Crippen LogP contribution in [0.25, 0.3) is 0 Å². The molecule has 0 N–H and O–H groups in total. The van der Waals surface area contributed by atoms with E-state index in [1.54, 1.807) is 4.90 Å². The van der Waals surface area contributed by atoms with Gasteiger partial charge in [0.1, 0.15) is 5.60 Å². The van der Waals surface area contributed by atoms with Crippen molar-refractivity contribution in [3.8, 4) is 12.1 Å². The Hall–Kier alpha value is -1.79. The molecular formula is C16H26N4O2. The molecule has 0 bridgehead atoms. The monoisotopic (exact) mass is 306 g/mol. The molecule has 1 amide bonds. The van der Waals surface area contributed by atoms with Crippen LogP contribution < -0.4 is 0 Å². The summed E-state index contributed by atoms with van der Waals surface area (Å²) in [6, 6.07) is 4.40. The van der Waals surface area contributed by atoms with Gasteiger partial charge in [0.05, 0.1) is 18.1 Å². The highest BCUT2D eigenvalue weighted by Crippen LogP contribution is 2.17. The van der Waals surface area contributed by atoms with Crippen LogP contribution in [0.15, 0.2) is 0 Å². The quantitative estimate of drug-likeness (QED) is 0.796. The summed E-state index contributed by atoms with van der Waals surface area (Å²) >= 11 is 0. The first-order valence-corrected chi connectivity index (χ1v) is 7.75. The molecule has 0 saturated carbocycles. The third-order valence-electron chi connectivity index (χ3n) is 3.61. The van der Waals surface area contributed by atoms with Crippen LogP contribution in [0.1, 0.15) is 40.5 Å². The Morgan fingerprint density at radius 2 is 2.05 bits per heavy atom. The van der Waals surface area contributed by atoms with Gasteiger partial charge in [0.2, 0.25) is 0 Å². The van der Waals surface area contributed by atoms with Crippen LogP contribution in [0.5, 0.6) is 0 Å². The summed E-state index contributed by atoms with van der Waals surface area (Å²) in [5, 5.41) is 17.8. The highest BCUT2D eigenvalue weighted by molar-refractivity contribution is 5.68. The second-order valence-electron chi connectivity index (χ2n) is 6.81. The maximum Gasteiger partial charge on any atom is 0.410 e. The van der Waals surface area contributed by atoms with E-state index >= 15 is 0 Å². The molecule has 1 rings (SSSR count). The number of amides is 1. The minimum absolute atomic E-state index is 0.0545. The number of carbonyl (C=O) groups is 1. The Morgan fingerprint density at radius 1 is 1.36 bits per heavy atom. The maximum atomic E-state index is 12.1. The van der Waals surface area contributed by atoms with E-state index in [9.17, 15) is 4.79 Å². The van der Waals surface area contributed by atoms with Gasteiger partial charge in [-0.2, -0.15) is 10.5 Å². The summed E-state index contributed by atoms with van der Waals surface area (Å²) in [4.78, 5) is 16.1. The Bertz CT molecular complexity index is 458. The van der Waals surface area contributed by atoms with Crippen molar-refractivity contribution in [3.63, 3.8) is 0 Å². The van der Waals surface area contributed by atoms with Crippen LogP contribution >= 0.6 is 0 Å². The Kier molecular flexibility index (Phi) is 6.64. The third kappa shape index (κ3) is 5.91. The van der Waals surface area contributed by atoms with Gasteiger partial charge in [-0.3, -0.25) is 4.90 Å². The van der Waals surface area contributed by atoms with E-state index < -0.39 is 5.60 Å². The summed E-state index contributed by atoms with van der Waals surface area (Å²) in [5.74, 6) is -0.125. The summed E-state index contributed by atoms with van der Waals surface area (Å²) in [6.45, 7) is 10.3. The standard InChI is InChI=1S/C16H26N4O2/c1-13-11-19(12-14(10-18)6-5-7-17)8-9-20(13)15(21)22-16(2,3)4/h13-14H,5-6,8-9,11-12H2,1-4H3/t13-,14+/m1/s1. The molecule has 0 aromatic rings. The van der Waals surface area contributed by atoms with Crippen molar-refractivity contribution in [1.29, 1.82) is 10.5 Å². The first-order chi connectivity index (χ1) is 10.3. The van der Waals surface area contributed by atoms with Crippen molar-refractivity contribution in [2.24, 2.45) is 5.92 Å². The predicted molar refractivity (Wildman–Crippen MR) is 82.8 cm³/mol. The Labute approximate surface area is 133 Å². The molecule has 0 aromatic carbocycles. The fourth-order valence-electron chi connectivity index (χ4n) is 2.54. The number of rotatable bonds is 4. The van der Waals surface area contributed by atoms with Gasteiger partial charge in [-0.25, -0.2) is 4.79 Å². The average Bonchev–Trinajstić information content (AvgIpc) is 2.41. The fraction of sp³-hybridized carbons (Fsp3) is 0.812. The molecule has 1 aliphatic rings. The third-order valence-corrected chi connectivity index (χ3v) is 3.61. The number of ether oxygens (including phenoxy) is 1. The normalized spacial score (nSPS) is 20.8. The molecule has 22 heavy (non-hydrogen) atoms. The molecular weight excluding hydrogens is 280 g/mol.